The van der Waals surface area contributed by atoms with E-state index in [1.54, 1.807) is 18.2 Å². The van der Waals surface area contributed by atoms with Crippen molar-refractivity contribution in [3.8, 4) is 0 Å². The Morgan fingerprint density at radius 1 is 1.19 bits per heavy atom. The van der Waals surface area contributed by atoms with E-state index in [0.717, 1.165) is 17.2 Å². The highest BCUT2D eigenvalue weighted by Gasteiger charge is 2.08. The van der Waals surface area contributed by atoms with Crippen LogP contribution in [0.3, 0.4) is 0 Å². The van der Waals surface area contributed by atoms with Gasteiger partial charge in [0.1, 0.15) is 5.82 Å². The van der Waals surface area contributed by atoms with Gasteiger partial charge in [0.25, 0.3) is 0 Å². The quantitative estimate of drug-likeness (QED) is 0.811. The van der Waals surface area contributed by atoms with E-state index in [0.29, 0.717) is 0 Å². The third-order valence-electron chi connectivity index (χ3n) is 2.91. The molecule has 2 amide bonds. The van der Waals surface area contributed by atoms with Crippen molar-refractivity contribution in [2.45, 2.75) is 13.2 Å². The summed E-state index contributed by atoms with van der Waals surface area (Å²) in [6, 6.07) is 10.6. The number of rotatable bonds is 4. The normalized spacial score (nSPS) is 10.2. The number of urea groups is 1. The molecule has 0 saturated heterocycles. The van der Waals surface area contributed by atoms with Crippen molar-refractivity contribution in [3.05, 3.63) is 64.4 Å². The van der Waals surface area contributed by atoms with Gasteiger partial charge in [-0.3, -0.25) is 0 Å². The molecule has 0 aliphatic carbocycles. The Morgan fingerprint density at radius 3 is 2.57 bits per heavy atom. The molecule has 0 aromatic heterocycles. The van der Waals surface area contributed by atoms with Crippen LogP contribution < -0.4 is 10.6 Å². The lowest BCUT2D eigenvalue weighted by atomic mass is 10.1. The van der Waals surface area contributed by atoms with Crippen LogP contribution in [0.5, 0.6) is 0 Å². The SMILES string of the molecule is O=C(NCc1ccccc1CO)Nc1ccc(Cl)cc1F. The zero-order valence-electron chi connectivity index (χ0n) is 11.1. The lowest BCUT2D eigenvalue weighted by molar-refractivity contribution is 0.251. The molecule has 0 atom stereocenters. The van der Waals surface area contributed by atoms with Crippen molar-refractivity contribution in [1.82, 2.24) is 5.32 Å². The molecule has 6 heteroatoms. The predicted molar refractivity (Wildman–Crippen MR) is 79.6 cm³/mol. The van der Waals surface area contributed by atoms with Crippen molar-refractivity contribution >= 4 is 23.3 Å². The minimum Gasteiger partial charge on any atom is -0.392 e. The number of benzene rings is 2. The van der Waals surface area contributed by atoms with Gasteiger partial charge in [-0.2, -0.15) is 0 Å². The molecule has 4 nitrogen and oxygen atoms in total. The highest BCUT2D eigenvalue weighted by Crippen LogP contribution is 2.18. The minimum absolute atomic E-state index is 0.0485. The van der Waals surface area contributed by atoms with Gasteiger partial charge in [0.2, 0.25) is 0 Å². The summed E-state index contributed by atoms with van der Waals surface area (Å²) in [5.41, 5.74) is 1.58. The summed E-state index contributed by atoms with van der Waals surface area (Å²) in [6.45, 7) is 0.128. The molecular formula is C15H14ClFN2O2. The van der Waals surface area contributed by atoms with Crippen molar-refractivity contribution in [2.24, 2.45) is 0 Å². The van der Waals surface area contributed by atoms with E-state index in [2.05, 4.69) is 10.6 Å². The molecule has 110 valence electrons. The predicted octanol–water partition coefficient (Wildman–Crippen LogP) is 3.29. The lowest BCUT2D eigenvalue weighted by Gasteiger charge is -2.10. The van der Waals surface area contributed by atoms with E-state index in [1.165, 1.54) is 12.1 Å². The van der Waals surface area contributed by atoms with Gasteiger partial charge in [0.05, 0.1) is 12.3 Å². The Balaban J connectivity index is 1.96. The molecule has 2 aromatic rings. The number of anilines is 1. The van der Waals surface area contributed by atoms with E-state index in [1.807, 2.05) is 6.07 Å². The number of carbonyl (C=O) groups is 1. The maximum atomic E-state index is 13.5. The number of aliphatic hydroxyl groups excluding tert-OH is 1. The third kappa shape index (κ3) is 4.18. The first-order valence-electron chi connectivity index (χ1n) is 6.27. The molecular weight excluding hydrogens is 295 g/mol. The summed E-state index contributed by atoms with van der Waals surface area (Å²) < 4.78 is 13.5. The van der Waals surface area contributed by atoms with E-state index in [9.17, 15) is 14.3 Å². The van der Waals surface area contributed by atoms with Gasteiger partial charge in [-0.1, -0.05) is 35.9 Å². The zero-order valence-corrected chi connectivity index (χ0v) is 11.8. The summed E-state index contributed by atoms with van der Waals surface area (Å²) in [5, 5.41) is 14.5. The average molecular weight is 309 g/mol. The summed E-state index contributed by atoms with van der Waals surface area (Å²) in [5.74, 6) is -0.603. The smallest absolute Gasteiger partial charge is 0.319 e. The second-order valence-electron chi connectivity index (χ2n) is 4.36. The molecule has 0 radical (unpaired) electrons. The van der Waals surface area contributed by atoms with Gasteiger partial charge in [-0.15, -0.1) is 0 Å². The van der Waals surface area contributed by atoms with Crippen LogP contribution in [0.4, 0.5) is 14.9 Å². The molecule has 3 N–H and O–H groups in total. The molecule has 2 aromatic carbocycles. The highest BCUT2D eigenvalue weighted by atomic mass is 35.5. The third-order valence-corrected chi connectivity index (χ3v) is 3.14. The first-order chi connectivity index (χ1) is 10.1. The van der Waals surface area contributed by atoms with Gasteiger partial charge in [0, 0.05) is 11.6 Å². The van der Waals surface area contributed by atoms with E-state index in [4.69, 9.17) is 11.6 Å². The maximum Gasteiger partial charge on any atom is 0.319 e. The fourth-order valence-corrected chi connectivity index (χ4v) is 1.98. The summed E-state index contributed by atoms with van der Waals surface area (Å²) >= 11 is 5.64. The van der Waals surface area contributed by atoms with Gasteiger partial charge >= 0.3 is 6.03 Å². The summed E-state index contributed by atoms with van der Waals surface area (Å²) in [4.78, 5) is 11.7. The van der Waals surface area contributed by atoms with Crippen LogP contribution in [-0.2, 0) is 13.2 Å². The number of amides is 2. The molecule has 0 fully saturated rings. The fourth-order valence-electron chi connectivity index (χ4n) is 1.82. The number of carbonyl (C=O) groups excluding carboxylic acids is 1. The molecule has 0 aliphatic heterocycles. The summed E-state index contributed by atoms with van der Waals surface area (Å²) in [6.07, 6.45) is 0. The van der Waals surface area contributed by atoms with Crippen LogP contribution in [0.2, 0.25) is 5.02 Å². The maximum absolute atomic E-state index is 13.5. The Kier molecular flexibility index (Phi) is 5.14. The number of hydrogen-bond acceptors (Lipinski definition) is 2. The first-order valence-corrected chi connectivity index (χ1v) is 6.65. The number of aliphatic hydroxyl groups is 1. The number of halogens is 2. The van der Waals surface area contributed by atoms with Crippen molar-refractivity contribution in [3.63, 3.8) is 0 Å². The van der Waals surface area contributed by atoms with E-state index in [-0.39, 0.29) is 23.9 Å². The molecule has 21 heavy (non-hydrogen) atoms. The van der Waals surface area contributed by atoms with Gasteiger partial charge < -0.3 is 15.7 Å². The summed E-state index contributed by atoms with van der Waals surface area (Å²) in [7, 11) is 0. The van der Waals surface area contributed by atoms with Crippen LogP contribution in [0.25, 0.3) is 0 Å². The van der Waals surface area contributed by atoms with E-state index < -0.39 is 11.8 Å². The van der Waals surface area contributed by atoms with Crippen molar-refractivity contribution in [1.29, 1.82) is 0 Å². The largest absolute Gasteiger partial charge is 0.392 e. The Hall–Kier alpha value is -2.11. The number of hydrogen-bond donors (Lipinski definition) is 3. The minimum atomic E-state index is -0.603. The first kappa shape index (κ1) is 15.3. The zero-order chi connectivity index (χ0) is 15.2. The molecule has 2 rings (SSSR count). The molecule has 0 unspecified atom stereocenters. The highest BCUT2D eigenvalue weighted by molar-refractivity contribution is 6.30. The van der Waals surface area contributed by atoms with Crippen LogP contribution >= 0.6 is 11.6 Å². The van der Waals surface area contributed by atoms with E-state index >= 15 is 0 Å². The van der Waals surface area contributed by atoms with Crippen LogP contribution in [0.1, 0.15) is 11.1 Å². The lowest BCUT2D eigenvalue weighted by Crippen LogP contribution is -2.28. The fraction of sp³-hybridized carbons (Fsp3) is 0.133. The van der Waals surface area contributed by atoms with Gasteiger partial charge in [-0.25, -0.2) is 9.18 Å². The van der Waals surface area contributed by atoms with Crippen LogP contribution in [-0.4, -0.2) is 11.1 Å². The Morgan fingerprint density at radius 2 is 1.90 bits per heavy atom. The Bertz CT molecular complexity index is 649. The standard InChI is InChI=1S/C15H14ClFN2O2/c16-12-5-6-14(13(17)7-12)19-15(21)18-8-10-3-1-2-4-11(10)9-20/h1-7,20H,8-9H2,(H2,18,19,21). The molecule has 0 heterocycles. The van der Waals surface area contributed by atoms with Crippen LogP contribution in [0.15, 0.2) is 42.5 Å². The van der Waals surface area contributed by atoms with Crippen molar-refractivity contribution < 1.29 is 14.3 Å². The Labute approximate surface area is 126 Å². The molecule has 0 saturated carbocycles. The second-order valence-corrected chi connectivity index (χ2v) is 4.80. The number of nitrogens with one attached hydrogen (secondary N) is 2. The average Bonchev–Trinajstić information content (AvgIpc) is 2.48. The van der Waals surface area contributed by atoms with Crippen LogP contribution in [0, 0.1) is 5.82 Å². The monoisotopic (exact) mass is 308 g/mol. The topological polar surface area (TPSA) is 61.4 Å². The molecule has 0 spiro atoms. The van der Waals surface area contributed by atoms with Gasteiger partial charge in [0.15, 0.2) is 0 Å². The molecule has 0 aliphatic rings. The second kappa shape index (κ2) is 7.06. The van der Waals surface area contributed by atoms with Crippen molar-refractivity contribution in [2.75, 3.05) is 5.32 Å². The van der Waals surface area contributed by atoms with Gasteiger partial charge in [-0.05, 0) is 29.3 Å². The molecule has 0 bridgehead atoms.